The first kappa shape index (κ1) is 31.7. The third-order valence-corrected chi connectivity index (χ3v) is 1.25. The second kappa shape index (κ2) is 14.8. The van der Waals surface area contributed by atoms with Crippen molar-refractivity contribution in [2.75, 3.05) is 0 Å². The summed E-state index contributed by atoms with van der Waals surface area (Å²) in [5.74, 6) is -5.98. The van der Waals surface area contributed by atoms with Crippen LogP contribution in [0.1, 0.15) is 12.8 Å². The minimum absolute atomic E-state index is 0. The number of aliphatic carboxylic acids is 3. The molecule has 0 aliphatic rings. The summed E-state index contributed by atoms with van der Waals surface area (Å²) in [6.45, 7) is 0. The van der Waals surface area contributed by atoms with Crippen LogP contribution in [0.25, 0.3) is 0 Å². The van der Waals surface area contributed by atoms with Gasteiger partial charge in [0.05, 0.1) is 5.97 Å². The second-order valence-electron chi connectivity index (χ2n) is 2.42. The smallest absolute Gasteiger partial charge is 1.00 e. The van der Waals surface area contributed by atoms with Gasteiger partial charge < -0.3 is 47.2 Å². The Hall–Kier alpha value is 2.44. The molecular formula is C6H5Ca3ClO7+2. The Kier molecular flexibility index (Phi) is 27.7. The van der Waals surface area contributed by atoms with Gasteiger partial charge in [0.1, 0.15) is 5.60 Å². The fraction of sp³-hybridized carbons (Fsp3) is 0.500. The van der Waals surface area contributed by atoms with Crippen LogP contribution in [0.3, 0.4) is 0 Å². The Morgan fingerprint density at radius 1 is 0.882 bits per heavy atom. The van der Waals surface area contributed by atoms with Gasteiger partial charge in [-0.05, 0) is 0 Å². The number of rotatable bonds is 5. The molecule has 0 fully saturated rings. The van der Waals surface area contributed by atoms with Crippen molar-refractivity contribution >= 4 is 131 Å². The van der Waals surface area contributed by atoms with Crippen molar-refractivity contribution < 1.29 is 47.2 Å². The van der Waals surface area contributed by atoms with E-state index in [2.05, 4.69) is 0 Å². The summed E-state index contributed by atoms with van der Waals surface area (Å²) in [5, 5.41) is 38.9. The van der Waals surface area contributed by atoms with Crippen LogP contribution in [0.2, 0.25) is 0 Å². The van der Waals surface area contributed by atoms with Gasteiger partial charge in [-0.2, -0.15) is 0 Å². The fourth-order valence-electron chi connectivity index (χ4n) is 0.684. The normalized spacial score (nSPS) is 8.29. The number of hydrogen-bond donors (Lipinski definition) is 1. The van der Waals surface area contributed by atoms with E-state index in [9.17, 15) is 29.7 Å². The molecule has 0 saturated heterocycles. The van der Waals surface area contributed by atoms with Crippen LogP contribution in [-0.4, -0.2) is 142 Å². The summed E-state index contributed by atoms with van der Waals surface area (Å²) >= 11 is 0. The molecule has 82 valence electrons. The van der Waals surface area contributed by atoms with Crippen LogP contribution in [0.5, 0.6) is 0 Å². The van der Waals surface area contributed by atoms with Crippen LogP contribution in [-0.2, 0) is 14.4 Å². The van der Waals surface area contributed by atoms with Gasteiger partial charge in [-0.15, -0.1) is 0 Å². The molecule has 0 rings (SSSR count). The summed E-state index contributed by atoms with van der Waals surface area (Å²) < 4.78 is 0. The number of halogens is 1. The zero-order valence-corrected chi connectivity index (χ0v) is 16.2. The summed E-state index contributed by atoms with van der Waals surface area (Å²) in [5.41, 5.74) is -2.97. The standard InChI is InChI=1S/C6H8O7.3Ca.ClH/c7-3(8)1-6(13,5(11)12)2-4(9)10;;;;/h13H,1-2H2,(H,7,8)(H,9,10)(H,11,12);;;;1H/q;3*+2;/p-4. The van der Waals surface area contributed by atoms with E-state index >= 15 is 0 Å². The minimum atomic E-state index is -2.97. The van der Waals surface area contributed by atoms with E-state index in [-0.39, 0.29) is 126 Å². The Morgan fingerprint density at radius 3 is 1.24 bits per heavy atom. The monoisotopic (exact) mass is 344 g/mol. The van der Waals surface area contributed by atoms with Gasteiger partial charge >= 0.3 is 113 Å². The van der Waals surface area contributed by atoms with Crippen LogP contribution in [0.15, 0.2) is 0 Å². The van der Waals surface area contributed by atoms with Crippen molar-refractivity contribution in [3.05, 3.63) is 0 Å². The van der Waals surface area contributed by atoms with Crippen molar-refractivity contribution in [2.24, 2.45) is 0 Å². The van der Waals surface area contributed by atoms with Crippen molar-refractivity contribution in [1.82, 2.24) is 0 Å². The molecule has 0 radical (unpaired) electrons. The Morgan fingerprint density at radius 2 is 1.12 bits per heavy atom. The number of carbonyl (C=O) groups excluding carboxylic acids is 3. The van der Waals surface area contributed by atoms with Crippen molar-refractivity contribution in [3.8, 4) is 0 Å². The average molecular weight is 345 g/mol. The summed E-state index contributed by atoms with van der Waals surface area (Å²) in [4.78, 5) is 30.0. The van der Waals surface area contributed by atoms with Gasteiger partial charge in [-0.3, -0.25) is 0 Å². The van der Waals surface area contributed by atoms with E-state index < -0.39 is 36.4 Å². The predicted molar refractivity (Wildman–Crippen MR) is 46.5 cm³/mol. The molecule has 0 spiro atoms. The zero-order chi connectivity index (χ0) is 10.6. The van der Waals surface area contributed by atoms with Gasteiger partial charge in [-0.25, -0.2) is 0 Å². The number of hydrogen-bond acceptors (Lipinski definition) is 7. The molecule has 11 heteroatoms. The summed E-state index contributed by atoms with van der Waals surface area (Å²) in [7, 11) is 0. The average Bonchev–Trinajstić information content (AvgIpc) is 1.82. The van der Waals surface area contributed by atoms with Gasteiger partial charge in [0.2, 0.25) is 0 Å². The van der Waals surface area contributed by atoms with Crippen LogP contribution >= 0.6 is 0 Å². The molecular weight excluding hydrogens is 340 g/mol. The van der Waals surface area contributed by atoms with E-state index in [1.807, 2.05) is 0 Å². The Balaban J connectivity index is -0.000000120. The molecule has 17 heavy (non-hydrogen) atoms. The quantitative estimate of drug-likeness (QED) is 0.488. The maximum absolute atomic E-state index is 10.1. The fourth-order valence-corrected chi connectivity index (χ4v) is 0.684. The van der Waals surface area contributed by atoms with Crippen molar-refractivity contribution in [2.45, 2.75) is 18.4 Å². The first-order valence-corrected chi connectivity index (χ1v) is 3.11. The molecule has 0 aliphatic carbocycles. The first-order chi connectivity index (χ1) is 5.78. The Bertz CT molecular complexity index is 244. The molecule has 0 heterocycles. The second-order valence-corrected chi connectivity index (χ2v) is 2.42. The van der Waals surface area contributed by atoms with Crippen LogP contribution < -0.4 is 27.7 Å². The number of carboxylic acids is 3. The number of carboxylic acid groups (broad SMARTS) is 3. The molecule has 0 saturated carbocycles. The van der Waals surface area contributed by atoms with Gasteiger partial charge in [-0.1, -0.05) is 0 Å². The van der Waals surface area contributed by atoms with E-state index in [1.54, 1.807) is 0 Å². The molecule has 0 atom stereocenters. The van der Waals surface area contributed by atoms with E-state index in [4.69, 9.17) is 5.11 Å². The van der Waals surface area contributed by atoms with Crippen LogP contribution in [0, 0.1) is 0 Å². The molecule has 0 unspecified atom stereocenters. The summed E-state index contributed by atoms with van der Waals surface area (Å²) in [6, 6.07) is 0. The van der Waals surface area contributed by atoms with Gasteiger partial charge in [0, 0.05) is 24.8 Å². The third kappa shape index (κ3) is 14.7. The zero-order valence-electron chi connectivity index (χ0n) is 8.81. The van der Waals surface area contributed by atoms with E-state index in [0.717, 1.165) is 0 Å². The van der Waals surface area contributed by atoms with Gasteiger partial charge in [0.25, 0.3) is 0 Å². The SMILES string of the molecule is O=C([O-])CC(O)(CC(=O)[O-])C(=O)[O-].[Ca+2].[Ca+2].[Ca+2].[Cl-]. The minimum Gasteiger partial charge on any atom is -1.00 e. The third-order valence-electron chi connectivity index (χ3n) is 1.25. The molecule has 0 amide bonds. The van der Waals surface area contributed by atoms with Gasteiger partial charge in [0.15, 0.2) is 0 Å². The number of carbonyl (C=O) groups is 3. The molecule has 0 bridgehead atoms. The molecule has 0 aliphatic heterocycles. The number of aliphatic hydroxyl groups is 1. The maximum Gasteiger partial charge on any atom is 2.00 e. The molecule has 0 aromatic carbocycles. The van der Waals surface area contributed by atoms with Crippen molar-refractivity contribution in [3.63, 3.8) is 0 Å². The maximum atomic E-state index is 10.1. The molecule has 7 nitrogen and oxygen atoms in total. The molecule has 1 N–H and O–H groups in total. The van der Waals surface area contributed by atoms with E-state index in [1.165, 1.54) is 0 Å². The van der Waals surface area contributed by atoms with Crippen molar-refractivity contribution in [1.29, 1.82) is 0 Å². The molecule has 0 aromatic rings. The van der Waals surface area contributed by atoms with E-state index in [0.29, 0.717) is 0 Å². The Labute approximate surface area is 193 Å². The first-order valence-electron chi connectivity index (χ1n) is 3.11. The molecule has 0 aromatic heterocycles. The van der Waals surface area contributed by atoms with Crippen LogP contribution in [0.4, 0.5) is 0 Å². The largest absolute Gasteiger partial charge is 2.00 e. The topological polar surface area (TPSA) is 141 Å². The summed E-state index contributed by atoms with van der Waals surface area (Å²) in [6.07, 6.45) is -2.72. The predicted octanol–water partition coefficient (Wildman–Crippen LogP) is -9.39.